The quantitative estimate of drug-likeness (QED) is 0.510. The molecule has 1 aromatic heterocycles. The number of nitrogen functional groups attached to an aromatic ring is 1. The molecule has 0 bridgehead atoms. The van der Waals surface area contributed by atoms with Gasteiger partial charge in [-0.15, -0.1) is 0 Å². The highest BCUT2D eigenvalue weighted by Gasteiger charge is 2.13. The van der Waals surface area contributed by atoms with Crippen LogP contribution in [-0.4, -0.2) is 10.8 Å². The van der Waals surface area contributed by atoms with Gasteiger partial charge < -0.3 is 10.5 Å². The van der Waals surface area contributed by atoms with Crippen LogP contribution in [0.5, 0.6) is 5.75 Å². The maximum absolute atomic E-state index is 13.5. The van der Waals surface area contributed by atoms with E-state index in [0.29, 0.717) is 10.0 Å². The van der Waals surface area contributed by atoms with Gasteiger partial charge in [0.05, 0.1) is 0 Å². The highest BCUT2D eigenvalue weighted by atomic mass is 79.9. The molecule has 0 atom stereocenters. The van der Waals surface area contributed by atoms with Crippen molar-refractivity contribution in [3.8, 4) is 5.75 Å². The molecule has 0 aliphatic carbocycles. The number of nitrogens with two attached hydrogens (primary N) is 1. The van der Waals surface area contributed by atoms with E-state index in [0.717, 1.165) is 6.07 Å². The highest BCUT2D eigenvalue weighted by Crippen LogP contribution is 2.26. The molecule has 2 rings (SSSR count). The van der Waals surface area contributed by atoms with Crippen molar-refractivity contribution in [2.45, 2.75) is 6.61 Å². The van der Waals surface area contributed by atoms with Gasteiger partial charge in [0, 0.05) is 16.2 Å². The van der Waals surface area contributed by atoms with Crippen LogP contribution in [0.15, 0.2) is 34.9 Å². The predicted octanol–water partition coefficient (Wildman–Crippen LogP) is 2.99. The summed E-state index contributed by atoms with van der Waals surface area (Å²) in [5.41, 5.74) is 6.15. The zero-order chi connectivity index (χ0) is 14.7. The van der Waals surface area contributed by atoms with Crippen LogP contribution in [0.25, 0.3) is 0 Å². The zero-order valence-electron chi connectivity index (χ0n) is 10.2. The molecule has 0 spiro atoms. The lowest BCUT2D eigenvalue weighted by Crippen LogP contribution is -2.16. The summed E-state index contributed by atoms with van der Waals surface area (Å²) in [6.07, 6.45) is 1.49. The SMILES string of the molecule is N=C(N)c1ncccc1COc1cc(Br)cc(F)c1F. The number of rotatable bonds is 4. The predicted molar refractivity (Wildman–Crippen MR) is 73.6 cm³/mol. The summed E-state index contributed by atoms with van der Waals surface area (Å²) in [6.45, 7) is -0.0738. The maximum Gasteiger partial charge on any atom is 0.200 e. The molecule has 0 aliphatic rings. The maximum atomic E-state index is 13.5. The second-order valence-electron chi connectivity index (χ2n) is 3.91. The van der Waals surface area contributed by atoms with Crippen molar-refractivity contribution in [1.29, 1.82) is 5.41 Å². The minimum atomic E-state index is -1.07. The first-order chi connectivity index (χ1) is 9.49. The summed E-state index contributed by atoms with van der Waals surface area (Å²) < 4.78 is 32.4. The van der Waals surface area contributed by atoms with E-state index < -0.39 is 11.6 Å². The number of nitrogens with one attached hydrogen (secondary N) is 1. The van der Waals surface area contributed by atoms with Crippen molar-refractivity contribution in [3.05, 3.63) is 57.8 Å². The number of nitrogens with zero attached hydrogens (tertiary/aromatic N) is 1. The van der Waals surface area contributed by atoms with Crippen molar-refractivity contribution in [2.75, 3.05) is 0 Å². The molecule has 0 unspecified atom stereocenters. The standard InChI is InChI=1S/C13H10BrF2N3O/c14-8-4-9(15)11(16)10(5-8)20-6-7-2-1-3-19-12(7)13(17)18/h1-5H,6H2,(H3,17,18). The number of aromatic nitrogens is 1. The molecule has 104 valence electrons. The van der Waals surface area contributed by atoms with E-state index in [2.05, 4.69) is 20.9 Å². The summed E-state index contributed by atoms with van der Waals surface area (Å²) in [5.74, 6) is -2.52. The third-order valence-electron chi connectivity index (χ3n) is 2.49. The summed E-state index contributed by atoms with van der Waals surface area (Å²) in [4.78, 5) is 3.94. The van der Waals surface area contributed by atoms with Crippen LogP contribution in [0.1, 0.15) is 11.3 Å². The van der Waals surface area contributed by atoms with E-state index in [1.54, 1.807) is 12.1 Å². The number of amidine groups is 1. The van der Waals surface area contributed by atoms with Gasteiger partial charge in [0.25, 0.3) is 0 Å². The lowest BCUT2D eigenvalue weighted by atomic mass is 10.2. The molecule has 0 radical (unpaired) electrons. The Morgan fingerprint density at radius 1 is 1.40 bits per heavy atom. The third-order valence-corrected chi connectivity index (χ3v) is 2.95. The van der Waals surface area contributed by atoms with Gasteiger partial charge in [-0.05, 0) is 18.2 Å². The molecule has 4 nitrogen and oxygen atoms in total. The van der Waals surface area contributed by atoms with Crippen LogP contribution >= 0.6 is 15.9 Å². The Kier molecular flexibility index (Phi) is 4.29. The Balaban J connectivity index is 2.24. The summed E-state index contributed by atoms with van der Waals surface area (Å²) in [5, 5.41) is 7.39. The summed E-state index contributed by atoms with van der Waals surface area (Å²) >= 11 is 3.06. The Labute approximate surface area is 122 Å². The molecule has 0 saturated heterocycles. The van der Waals surface area contributed by atoms with Crippen molar-refractivity contribution < 1.29 is 13.5 Å². The van der Waals surface area contributed by atoms with Crippen LogP contribution in [-0.2, 0) is 6.61 Å². The smallest absolute Gasteiger partial charge is 0.200 e. The average Bonchev–Trinajstić information content (AvgIpc) is 2.41. The fraction of sp³-hybridized carbons (Fsp3) is 0.0769. The molecule has 1 aromatic carbocycles. The van der Waals surface area contributed by atoms with Gasteiger partial charge in [0.1, 0.15) is 18.1 Å². The van der Waals surface area contributed by atoms with Gasteiger partial charge >= 0.3 is 0 Å². The van der Waals surface area contributed by atoms with Gasteiger partial charge in [0.15, 0.2) is 11.6 Å². The van der Waals surface area contributed by atoms with Gasteiger partial charge in [0.2, 0.25) is 5.82 Å². The molecular weight excluding hydrogens is 332 g/mol. The molecule has 0 fully saturated rings. The normalized spacial score (nSPS) is 10.3. The Hall–Kier alpha value is -2.02. The van der Waals surface area contributed by atoms with Gasteiger partial charge in [-0.3, -0.25) is 10.4 Å². The van der Waals surface area contributed by atoms with Crippen molar-refractivity contribution in [2.24, 2.45) is 5.73 Å². The van der Waals surface area contributed by atoms with Crippen LogP contribution in [0.2, 0.25) is 0 Å². The first-order valence-corrected chi connectivity index (χ1v) is 6.34. The number of halogens is 3. The fourth-order valence-corrected chi connectivity index (χ4v) is 2.00. The topological polar surface area (TPSA) is 72.0 Å². The van der Waals surface area contributed by atoms with Crippen molar-refractivity contribution in [3.63, 3.8) is 0 Å². The Morgan fingerprint density at radius 3 is 2.85 bits per heavy atom. The number of hydrogen-bond donors (Lipinski definition) is 2. The van der Waals surface area contributed by atoms with Gasteiger partial charge in [-0.25, -0.2) is 4.39 Å². The van der Waals surface area contributed by atoms with E-state index in [-0.39, 0.29) is 23.9 Å². The van der Waals surface area contributed by atoms with E-state index in [9.17, 15) is 8.78 Å². The molecule has 2 aromatic rings. The summed E-state index contributed by atoms with van der Waals surface area (Å²) in [6, 6.07) is 5.62. The first kappa shape index (κ1) is 14.4. The monoisotopic (exact) mass is 341 g/mol. The van der Waals surface area contributed by atoms with E-state index >= 15 is 0 Å². The van der Waals surface area contributed by atoms with Crippen LogP contribution in [0.4, 0.5) is 8.78 Å². The lowest BCUT2D eigenvalue weighted by Gasteiger charge is -2.10. The lowest BCUT2D eigenvalue weighted by molar-refractivity contribution is 0.283. The van der Waals surface area contributed by atoms with Crippen LogP contribution < -0.4 is 10.5 Å². The molecule has 1 heterocycles. The number of hydrogen-bond acceptors (Lipinski definition) is 3. The molecule has 0 aliphatic heterocycles. The van der Waals surface area contributed by atoms with E-state index in [1.165, 1.54) is 12.3 Å². The fourth-order valence-electron chi connectivity index (χ4n) is 1.59. The molecule has 0 amide bonds. The molecule has 7 heteroatoms. The van der Waals surface area contributed by atoms with Gasteiger partial charge in [-0.1, -0.05) is 22.0 Å². The molecule has 0 saturated carbocycles. The van der Waals surface area contributed by atoms with E-state index in [1.807, 2.05) is 0 Å². The second kappa shape index (κ2) is 5.96. The van der Waals surface area contributed by atoms with Crippen molar-refractivity contribution in [1.82, 2.24) is 4.98 Å². The average molecular weight is 342 g/mol. The van der Waals surface area contributed by atoms with Crippen LogP contribution in [0.3, 0.4) is 0 Å². The number of ether oxygens (including phenoxy) is 1. The largest absolute Gasteiger partial charge is 0.486 e. The minimum Gasteiger partial charge on any atom is -0.486 e. The van der Waals surface area contributed by atoms with E-state index in [4.69, 9.17) is 15.9 Å². The van der Waals surface area contributed by atoms with Crippen molar-refractivity contribution >= 4 is 21.8 Å². The van der Waals surface area contributed by atoms with Gasteiger partial charge in [-0.2, -0.15) is 4.39 Å². The summed E-state index contributed by atoms with van der Waals surface area (Å²) in [7, 11) is 0. The molecule has 20 heavy (non-hydrogen) atoms. The number of benzene rings is 1. The Morgan fingerprint density at radius 2 is 2.15 bits per heavy atom. The Bertz CT molecular complexity index is 664. The number of pyridine rings is 1. The third kappa shape index (κ3) is 3.11. The molecular formula is C13H10BrF2N3O. The minimum absolute atomic E-state index is 0.0738. The second-order valence-corrected chi connectivity index (χ2v) is 4.83. The molecule has 3 N–H and O–H groups in total. The highest BCUT2D eigenvalue weighted by molar-refractivity contribution is 9.10. The zero-order valence-corrected chi connectivity index (χ0v) is 11.7. The first-order valence-electron chi connectivity index (χ1n) is 5.54. The van der Waals surface area contributed by atoms with Crippen LogP contribution in [0, 0.1) is 17.0 Å².